The van der Waals surface area contributed by atoms with E-state index in [-0.39, 0.29) is 23.9 Å². The lowest BCUT2D eigenvalue weighted by Crippen LogP contribution is -2.46. The quantitative estimate of drug-likeness (QED) is 0.318. The first kappa shape index (κ1) is 23.8. The lowest BCUT2D eigenvalue weighted by atomic mass is 9.73. The van der Waals surface area contributed by atoms with E-state index >= 15 is 0 Å². The smallest absolute Gasteiger partial charge is 0.251 e. The average molecular weight is 513 g/mol. The number of hydrogen-bond acceptors (Lipinski definition) is 4. The van der Waals surface area contributed by atoms with E-state index < -0.39 is 0 Å². The molecule has 7 rings (SSSR count). The predicted molar refractivity (Wildman–Crippen MR) is 144 cm³/mol. The van der Waals surface area contributed by atoms with E-state index in [1.165, 1.54) is 24.5 Å². The highest BCUT2D eigenvalue weighted by molar-refractivity contribution is 5.97. The van der Waals surface area contributed by atoms with Gasteiger partial charge in [-0.25, -0.2) is 9.37 Å². The molecule has 6 nitrogen and oxygen atoms in total. The molecule has 1 amide bonds. The number of aliphatic hydroxyl groups excluding tert-OH is 1. The van der Waals surface area contributed by atoms with Gasteiger partial charge in [-0.1, -0.05) is 6.92 Å². The third kappa shape index (κ3) is 4.17. The Kier molecular flexibility index (Phi) is 5.73. The first-order chi connectivity index (χ1) is 18.4. The van der Waals surface area contributed by atoms with Gasteiger partial charge >= 0.3 is 0 Å². The van der Waals surface area contributed by atoms with Gasteiger partial charge in [0.05, 0.1) is 22.7 Å². The van der Waals surface area contributed by atoms with Gasteiger partial charge in [0.1, 0.15) is 11.6 Å². The van der Waals surface area contributed by atoms with Crippen LogP contribution in [-0.4, -0.2) is 38.1 Å². The fourth-order valence-electron chi connectivity index (χ4n) is 7.59. The summed E-state index contributed by atoms with van der Waals surface area (Å²) < 4.78 is 14.0. The molecule has 3 saturated carbocycles. The summed E-state index contributed by atoms with van der Waals surface area (Å²) in [6.07, 6.45) is 7.32. The molecule has 2 bridgehead atoms. The van der Waals surface area contributed by atoms with Gasteiger partial charge in [0, 0.05) is 29.6 Å². The van der Waals surface area contributed by atoms with Crippen LogP contribution < -0.4 is 5.32 Å². The fourth-order valence-corrected chi connectivity index (χ4v) is 7.59. The molecule has 0 saturated heterocycles. The number of nitrogens with one attached hydrogen (secondary N) is 2. The van der Waals surface area contributed by atoms with Crippen molar-refractivity contribution in [3.63, 3.8) is 0 Å². The molecule has 2 aromatic heterocycles. The number of pyridine rings is 1. The number of carbonyl (C=O) groups is 1. The second kappa shape index (κ2) is 9.16. The summed E-state index contributed by atoms with van der Waals surface area (Å²) in [5, 5.41) is 13.4. The standard InChI is InChI=1S/C31H33FN4O2/c1-16(8-30-35-28-4-2-17(12-29(28)36-30)31(38)34-21-14-22(37)15-21)24-10-19-9-18(24)11-25(19)23-6-7-33-27-5-3-20(32)13-26(23)27/h2-7,12-13,16,18-19,21-22,24-25,37H,8-11,14-15H2,1H3,(H,34,38)(H,35,36)/t16-,18?,19?,21?,22?,24?,25?/m1/s1. The van der Waals surface area contributed by atoms with Crippen LogP contribution in [0.3, 0.4) is 0 Å². The Balaban J connectivity index is 1.02. The number of carbonyl (C=O) groups excluding carboxylic acids is 1. The van der Waals surface area contributed by atoms with Crippen LogP contribution in [0.2, 0.25) is 0 Å². The van der Waals surface area contributed by atoms with Crippen LogP contribution in [0.25, 0.3) is 21.9 Å². The maximum absolute atomic E-state index is 14.0. The van der Waals surface area contributed by atoms with E-state index in [2.05, 4.69) is 28.3 Å². The Morgan fingerprint density at radius 2 is 1.95 bits per heavy atom. The molecule has 0 spiro atoms. The Hall–Kier alpha value is -3.32. The molecule has 0 aliphatic heterocycles. The lowest BCUT2D eigenvalue weighted by molar-refractivity contribution is 0.0562. The van der Waals surface area contributed by atoms with E-state index in [9.17, 15) is 14.3 Å². The first-order valence-electron chi connectivity index (χ1n) is 13.9. The molecule has 3 fully saturated rings. The average Bonchev–Trinajstić information content (AvgIpc) is 3.60. The van der Waals surface area contributed by atoms with Crippen LogP contribution in [0.15, 0.2) is 48.7 Å². The number of rotatable bonds is 6. The monoisotopic (exact) mass is 512 g/mol. The predicted octanol–water partition coefficient (Wildman–Crippen LogP) is 5.51. The summed E-state index contributed by atoms with van der Waals surface area (Å²) in [5.74, 6) is 3.63. The minimum absolute atomic E-state index is 0.0589. The third-order valence-corrected chi connectivity index (χ3v) is 9.54. The van der Waals surface area contributed by atoms with Crippen molar-refractivity contribution in [1.82, 2.24) is 20.3 Å². The highest BCUT2D eigenvalue weighted by atomic mass is 19.1. The maximum atomic E-state index is 14.0. The Labute approximate surface area is 221 Å². The van der Waals surface area contributed by atoms with Gasteiger partial charge < -0.3 is 15.4 Å². The van der Waals surface area contributed by atoms with Gasteiger partial charge in [-0.3, -0.25) is 9.78 Å². The number of benzene rings is 2. The second-order valence-corrected chi connectivity index (χ2v) is 12.0. The minimum Gasteiger partial charge on any atom is -0.393 e. The highest BCUT2D eigenvalue weighted by Gasteiger charge is 2.48. The summed E-state index contributed by atoms with van der Waals surface area (Å²) in [4.78, 5) is 25.4. The second-order valence-electron chi connectivity index (χ2n) is 12.0. The summed E-state index contributed by atoms with van der Waals surface area (Å²) in [5.41, 5.74) is 4.52. The molecule has 3 N–H and O–H groups in total. The van der Waals surface area contributed by atoms with Gasteiger partial charge in [0.15, 0.2) is 0 Å². The normalized spacial score (nSPS) is 29.0. The van der Waals surface area contributed by atoms with Crippen LogP contribution in [0, 0.1) is 29.5 Å². The van der Waals surface area contributed by atoms with Crippen molar-refractivity contribution in [2.24, 2.45) is 23.7 Å². The van der Waals surface area contributed by atoms with Gasteiger partial charge in [0.25, 0.3) is 5.91 Å². The molecule has 4 aromatic rings. The van der Waals surface area contributed by atoms with Crippen molar-refractivity contribution in [1.29, 1.82) is 0 Å². The molecular formula is C31H33FN4O2. The van der Waals surface area contributed by atoms with Crippen LogP contribution in [0.5, 0.6) is 0 Å². The Morgan fingerprint density at radius 3 is 2.74 bits per heavy atom. The number of nitrogens with zero attached hydrogens (tertiary/aromatic N) is 2. The molecule has 3 aliphatic rings. The van der Waals surface area contributed by atoms with Gasteiger partial charge in [0.2, 0.25) is 0 Å². The van der Waals surface area contributed by atoms with Gasteiger partial charge in [-0.15, -0.1) is 0 Å². The number of H-pyrrole nitrogens is 1. The molecule has 3 aliphatic carbocycles. The summed E-state index contributed by atoms with van der Waals surface area (Å²) in [7, 11) is 0. The summed E-state index contributed by atoms with van der Waals surface area (Å²) in [6.45, 7) is 2.34. The van der Waals surface area contributed by atoms with Gasteiger partial charge in [-0.05, 0) is 110 Å². The van der Waals surface area contributed by atoms with E-state index in [0.717, 1.165) is 40.6 Å². The molecule has 38 heavy (non-hydrogen) atoms. The number of aromatic amines is 1. The molecular weight excluding hydrogens is 479 g/mol. The summed E-state index contributed by atoms with van der Waals surface area (Å²) in [6, 6.07) is 12.7. The van der Waals surface area contributed by atoms with Crippen LogP contribution in [-0.2, 0) is 6.42 Å². The number of hydrogen-bond donors (Lipinski definition) is 3. The zero-order valence-electron chi connectivity index (χ0n) is 21.5. The van der Waals surface area contributed by atoms with Gasteiger partial charge in [-0.2, -0.15) is 0 Å². The molecule has 0 radical (unpaired) electrons. The maximum Gasteiger partial charge on any atom is 0.251 e. The van der Waals surface area contributed by atoms with Crippen molar-refractivity contribution < 1.29 is 14.3 Å². The topological polar surface area (TPSA) is 90.9 Å². The van der Waals surface area contributed by atoms with E-state index in [4.69, 9.17) is 4.98 Å². The third-order valence-electron chi connectivity index (χ3n) is 9.54. The number of imidazole rings is 1. The first-order valence-corrected chi connectivity index (χ1v) is 13.9. The van der Waals surface area contributed by atoms with Crippen LogP contribution >= 0.6 is 0 Å². The zero-order valence-corrected chi connectivity index (χ0v) is 21.5. The Bertz CT molecular complexity index is 1530. The number of aromatic nitrogens is 3. The summed E-state index contributed by atoms with van der Waals surface area (Å²) >= 11 is 0. The zero-order chi connectivity index (χ0) is 26.0. The highest BCUT2D eigenvalue weighted by Crippen LogP contribution is 2.58. The largest absolute Gasteiger partial charge is 0.393 e. The van der Waals surface area contributed by atoms with Crippen molar-refractivity contribution in [2.75, 3.05) is 0 Å². The Morgan fingerprint density at radius 1 is 1.08 bits per heavy atom. The number of halogens is 1. The van der Waals surface area contributed by atoms with Crippen molar-refractivity contribution in [3.8, 4) is 0 Å². The van der Waals surface area contributed by atoms with Crippen molar-refractivity contribution >= 4 is 27.8 Å². The molecule has 196 valence electrons. The SMILES string of the molecule is C[C@H](Cc1nc2cc(C(=O)NC3CC(O)C3)ccc2[nH]1)C1CC2CC1CC2c1ccnc2ccc(F)cc12. The molecule has 2 aromatic carbocycles. The number of fused-ring (bicyclic) bond motifs is 4. The fraction of sp³-hybridized carbons (Fsp3) is 0.452. The van der Waals surface area contributed by atoms with E-state index in [1.54, 1.807) is 12.1 Å². The molecule has 7 heteroatoms. The molecule has 5 atom stereocenters. The number of amides is 1. The molecule has 2 heterocycles. The minimum atomic E-state index is -0.292. The lowest BCUT2D eigenvalue weighted by Gasteiger charge is -2.32. The van der Waals surface area contributed by atoms with Crippen LogP contribution in [0.4, 0.5) is 4.39 Å². The van der Waals surface area contributed by atoms with Crippen molar-refractivity contribution in [2.45, 2.75) is 63.5 Å². The van der Waals surface area contributed by atoms with E-state index in [0.29, 0.717) is 48.0 Å². The number of aliphatic hydroxyl groups is 1. The van der Waals surface area contributed by atoms with Crippen LogP contribution in [0.1, 0.15) is 66.7 Å². The van der Waals surface area contributed by atoms with Crippen molar-refractivity contribution in [3.05, 3.63) is 71.4 Å². The molecule has 4 unspecified atom stereocenters. The van der Waals surface area contributed by atoms with E-state index in [1.807, 2.05) is 24.4 Å².